The van der Waals surface area contributed by atoms with Crippen molar-refractivity contribution in [3.05, 3.63) is 52.6 Å². The van der Waals surface area contributed by atoms with E-state index in [2.05, 4.69) is 28.9 Å². The first kappa shape index (κ1) is 18.2. The molecule has 0 N–H and O–H groups in total. The minimum Gasteiger partial charge on any atom is -0.486 e. The van der Waals surface area contributed by atoms with Crippen LogP contribution >= 0.6 is 0 Å². The molecule has 0 radical (unpaired) electrons. The van der Waals surface area contributed by atoms with Crippen LogP contribution in [0.15, 0.2) is 24.3 Å². The van der Waals surface area contributed by atoms with Crippen molar-refractivity contribution >= 4 is 0 Å². The zero-order valence-corrected chi connectivity index (χ0v) is 16.3. The maximum Gasteiger partial charge on any atom is 0.164 e. The molecule has 5 heteroatoms. The molecule has 1 aromatic heterocycles. The van der Waals surface area contributed by atoms with Gasteiger partial charge < -0.3 is 9.47 Å². The van der Waals surface area contributed by atoms with E-state index in [1.54, 1.807) is 0 Å². The third-order valence-electron chi connectivity index (χ3n) is 5.64. The molecule has 1 fully saturated rings. The summed E-state index contributed by atoms with van der Waals surface area (Å²) in [4.78, 5) is 6.84. The van der Waals surface area contributed by atoms with E-state index in [1.165, 1.54) is 11.6 Å². The molecule has 4 rings (SSSR count). The van der Waals surface area contributed by atoms with Gasteiger partial charge in [0, 0.05) is 35.6 Å². The fraction of sp³-hybridized carbons (Fsp3) is 0.500. The smallest absolute Gasteiger partial charge is 0.164 e. The number of likely N-dealkylation sites (tertiary alicyclic amines) is 1. The normalized spacial score (nSPS) is 20.7. The Morgan fingerprint density at radius 3 is 2.48 bits per heavy atom. The Hall–Kier alpha value is -2.14. The first-order chi connectivity index (χ1) is 13.0. The van der Waals surface area contributed by atoms with Gasteiger partial charge in [0.25, 0.3) is 0 Å². The third-order valence-corrected chi connectivity index (χ3v) is 5.64. The van der Waals surface area contributed by atoms with Crippen molar-refractivity contribution in [2.75, 3.05) is 26.3 Å². The average molecular weight is 370 g/mol. The van der Waals surface area contributed by atoms with Gasteiger partial charge in [-0.1, -0.05) is 0 Å². The summed E-state index contributed by atoms with van der Waals surface area (Å²) in [5, 5.41) is 0. The molecule has 2 atom stereocenters. The van der Waals surface area contributed by atoms with Crippen LogP contribution in [0.4, 0.5) is 4.39 Å². The summed E-state index contributed by atoms with van der Waals surface area (Å²) in [7, 11) is 0. The van der Waals surface area contributed by atoms with Crippen molar-refractivity contribution in [3.63, 3.8) is 0 Å². The van der Waals surface area contributed by atoms with Crippen LogP contribution in [0.25, 0.3) is 0 Å². The summed E-state index contributed by atoms with van der Waals surface area (Å²) in [5.41, 5.74) is 4.19. The Kier molecular flexibility index (Phi) is 5.04. The van der Waals surface area contributed by atoms with Gasteiger partial charge in [-0.25, -0.2) is 4.39 Å². The third kappa shape index (κ3) is 3.93. The van der Waals surface area contributed by atoms with Gasteiger partial charge in [-0.3, -0.25) is 9.88 Å². The predicted molar refractivity (Wildman–Crippen MR) is 103 cm³/mol. The van der Waals surface area contributed by atoms with E-state index < -0.39 is 0 Å². The highest BCUT2D eigenvalue weighted by Crippen LogP contribution is 2.37. The topological polar surface area (TPSA) is 34.6 Å². The van der Waals surface area contributed by atoms with Gasteiger partial charge in [0.2, 0.25) is 0 Å². The molecule has 0 spiro atoms. The SMILES string of the molecule is Cc1cc(C[C@H]2CCN([C@@H](C)c3cc4c(cc3F)OCCO4)C2)cc(C)n1. The van der Waals surface area contributed by atoms with E-state index in [-0.39, 0.29) is 11.9 Å². The Bertz CT molecular complexity index is 819. The monoisotopic (exact) mass is 370 g/mol. The van der Waals surface area contributed by atoms with Gasteiger partial charge in [-0.05, 0) is 69.8 Å². The minimum atomic E-state index is -0.212. The number of hydrogen-bond donors (Lipinski definition) is 0. The fourth-order valence-electron chi connectivity index (χ4n) is 4.35. The van der Waals surface area contributed by atoms with E-state index in [4.69, 9.17) is 9.47 Å². The molecule has 0 unspecified atom stereocenters. The van der Waals surface area contributed by atoms with Gasteiger partial charge in [-0.15, -0.1) is 0 Å². The van der Waals surface area contributed by atoms with Crippen LogP contribution in [0.2, 0.25) is 0 Å². The van der Waals surface area contributed by atoms with Crippen molar-refractivity contribution in [2.45, 2.75) is 39.7 Å². The Balaban J connectivity index is 1.45. The standard InChI is InChI=1S/C22H27FN2O2/c1-14-8-18(9-15(2)24-14)10-17-4-5-25(13-17)16(3)19-11-21-22(12-20(19)23)27-7-6-26-21/h8-9,11-12,16-17H,4-7,10,13H2,1-3H3/t16-,17+/m0/s1. The first-order valence-corrected chi connectivity index (χ1v) is 9.77. The van der Waals surface area contributed by atoms with Crippen LogP contribution in [0.1, 0.15) is 41.9 Å². The lowest BCUT2D eigenvalue weighted by Crippen LogP contribution is -2.26. The summed E-state index contributed by atoms with van der Waals surface area (Å²) in [6.07, 6.45) is 2.19. The van der Waals surface area contributed by atoms with Crippen LogP contribution in [0, 0.1) is 25.6 Å². The Morgan fingerprint density at radius 2 is 1.78 bits per heavy atom. The van der Waals surface area contributed by atoms with Crippen molar-refractivity contribution < 1.29 is 13.9 Å². The lowest BCUT2D eigenvalue weighted by molar-refractivity contribution is 0.169. The lowest BCUT2D eigenvalue weighted by Gasteiger charge is -2.27. The van der Waals surface area contributed by atoms with Crippen LogP contribution < -0.4 is 9.47 Å². The molecular weight excluding hydrogens is 343 g/mol. The molecule has 0 saturated carbocycles. The first-order valence-electron chi connectivity index (χ1n) is 9.77. The molecule has 2 aliphatic heterocycles. The van der Waals surface area contributed by atoms with Gasteiger partial charge >= 0.3 is 0 Å². The summed E-state index contributed by atoms with van der Waals surface area (Å²) in [6, 6.07) is 7.67. The summed E-state index contributed by atoms with van der Waals surface area (Å²) in [6.45, 7) is 9.14. The number of aryl methyl sites for hydroxylation is 2. The van der Waals surface area contributed by atoms with Crippen molar-refractivity contribution in [3.8, 4) is 11.5 Å². The number of aromatic nitrogens is 1. The molecule has 1 saturated heterocycles. The molecule has 144 valence electrons. The molecule has 3 heterocycles. The van der Waals surface area contributed by atoms with Gasteiger partial charge in [0.05, 0.1) is 0 Å². The molecule has 2 aliphatic rings. The van der Waals surface area contributed by atoms with Crippen LogP contribution in [-0.4, -0.2) is 36.2 Å². The molecule has 0 amide bonds. The maximum absolute atomic E-state index is 14.6. The van der Waals surface area contributed by atoms with E-state index >= 15 is 0 Å². The van der Waals surface area contributed by atoms with Gasteiger partial charge in [-0.2, -0.15) is 0 Å². The molecule has 1 aromatic carbocycles. The number of benzene rings is 1. The number of halogens is 1. The predicted octanol–water partition coefficient (Wildman–Crippen LogP) is 4.23. The van der Waals surface area contributed by atoms with E-state index in [0.29, 0.717) is 36.2 Å². The molecule has 27 heavy (non-hydrogen) atoms. The molecule has 0 aliphatic carbocycles. The van der Waals surface area contributed by atoms with Crippen molar-refractivity contribution in [1.82, 2.24) is 9.88 Å². The molecule has 2 aromatic rings. The highest BCUT2D eigenvalue weighted by molar-refractivity contribution is 5.45. The lowest BCUT2D eigenvalue weighted by atomic mass is 9.98. The second kappa shape index (κ2) is 7.47. The highest BCUT2D eigenvalue weighted by atomic mass is 19.1. The minimum absolute atomic E-state index is 0.0201. The molecule has 4 nitrogen and oxygen atoms in total. The number of fused-ring (bicyclic) bond motifs is 1. The quantitative estimate of drug-likeness (QED) is 0.807. The van der Waals surface area contributed by atoms with Gasteiger partial charge in [0.1, 0.15) is 19.0 Å². The van der Waals surface area contributed by atoms with Crippen molar-refractivity contribution in [2.24, 2.45) is 5.92 Å². The zero-order chi connectivity index (χ0) is 19.0. The van der Waals surface area contributed by atoms with Crippen LogP contribution in [0.5, 0.6) is 11.5 Å². The van der Waals surface area contributed by atoms with Crippen LogP contribution in [0.3, 0.4) is 0 Å². The Morgan fingerprint density at radius 1 is 1.11 bits per heavy atom. The van der Waals surface area contributed by atoms with Crippen LogP contribution in [-0.2, 0) is 6.42 Å². The second-order valence-electron chi connectivity index (χ2n) is 7.81. The maximum atomic E-state index is 14.6. The van der Waals surface area contributed by atoms with E-state index in [9.17, 15) is 4.39 Å². The number of ether oxygens (including phenoxy) is 2. The number of hydrogen-bond acceptors (Lipinski definition) is 4. The number of nitrogens with zero attached hydrogens (tertiary/aromatic N) is 2. The summed E-state index contributed by atoms with van der Waals surface area (Å²) < 4.78 is 25.8. The largest absolute Gasteiger partial charge is 0.486 e. The van der Waals surface area contributed by atoms with Gasteiger partial charge in [0.15, 0.2) is 11.5 Å². The molecular formula is C22H27FN2O2. The zero-order valence-electron chi connectivity index (χ0n) is 16.3. The average Bonchev–Trinajstić information content (AvgIpc) is 3.08. The number of rotatable bonds is 4. The number of pyridine rings is 1. The highest BCUT2D eigenvalue weighted by Gasteiger charge is 2.29. The van der Waals surface area contributed by atoms with Crippen molar-refractivity contribution in [1.29, 1.82) is 0 Å². The van der Waals surface area contributed by atoms with E-state index in [0.717, 1.165) is 37.3 Å². The Labute approximate surface area is 160 Å². The summed E-state index contributed by atoms with van der Waals surface area (Å²) >= 11 is 0. The molecule has 0 bridgehead atoms. The fourth-order valence-corrected chi connectivity index (χ4v) is 4.35. The summed E-state index contributed by atoms with van der Waals surface area (Å²) in [5.74, 6) is 1.55. The van der Waals surface area contributed by atoms with E-state index in [1.807, 2.05) is 19.9 Å². The second-order valence-corrected chi connectivity index (χ2v) is 7.81.